The lowest BCUT2D eigenvalue weighted by atomic mass is 10.1. The van der Waals surface area contributed by atoms with Gasteiger partial charge >= 0.3 is 0 Å². The molecule has 0 aliphatic heterocycles. The van der Waals surface area contributed by atoms with Crippen LogP contribution in [0.3, 0.4) is 0 Å². The molecular formula is C16H12ClFN2O3. The number of nitro benzene ring substituents is 1. The van der Waals surface area contributed by atoms with Gasteiger partial charge in [-0.25, -0.2) is 4.39 Å². The van der Waals surface area contributed by atoms with Gasteiger partial charge in [0.1, 0.15) is 5.82 Å². The monoisotopic (exact) mass is 334 g/mol. The first-order valence-electron chi connectivity index (χ1n) is 6.57. The molecule has 23 heavy (non-hydrogen) atoms. The van der Waals surface area contributed by atoms with Crippen LogP contribution in [0.4, 0.5) is 15.8 Å². The van der Waals surface area contributed by atoms with Crippen LogP contribution in [0.1, 0.15) is 11.1 Å². The summed E-state index contributed by atoms with van der Waals surface area (Å²) in [5.41, 5.74) is 0.653. The Kier molecular flexibility index (Phi) is 5.08. The molecule has 5 nitrogen and oxygen atoms in total. The summed E-state index contributed by atoms with van der Waals surface area (Å²) in [5.74, 6) is -1.10. The summed E-state index contributed by atoms with van der Waals surface area (Å²) in [7, 11) is 0. The molecule has 0 fully saturated rings. The molecule has 1 N–H and O–H groups in total. The van der Waals surface area contributed by atoms with Crippen molar-refractivity contribution in [2.24, 2.45) is 0 Å². The Bertz CT molecular complexity index is 786. The molecule has 0 aromatic heterocycles. The predicted octanol–water partition coefficient (Wildman–Crippen LogP) is 4.35. The number of halogens is 2. The van der Waals surface area contributed by atoms with Crippen LogP contribution in [0.5, 0.6) is 0 Å². The highest BCUT2D eigenvalue weighted by atomic mass is 35.5. The molecule has 1 amide bonds. The first-order chi connectivity index (χ1) is 10.9. The summed E-state index contributed by atoms with van der Waals surface area (Å²) in [5, 5.41) is 13.6. The zero-order valence-corrected chi connectivity index (χ0v) is 12.8. The Labute approximate surface area is 136 Å². The lowest BCUT2D eigenvalue weighted by molar-refractivity contribution is -0.385. The fourth-order valence-electron chi connectivity index (χ4n) is 1.96. The number of anilines is 1. The van der Waals surface area contributed by atoms with Crippen molar-refractivity contribution >= 4 is 35.0 Å². The second kappa shape index (κ2) is 7.02. The zero-order chi connectivity index (χ0) is 17.0. The summed E-state index contributed by atoms with van der Waals surface area (Å²) < 4.78 is 13.6. The normalized spacial score (nSPS) is 10.7. The second-order valence-corrected chi connectivity index (χ2v) is 5.07. The Balaban J connectivity index is 2.19. The number of hydrogen-bond donors (Lipinski definition) is 1. The molecular weight excluding hydrogens is 323 g/mol. The maximum absolute atomic E-state index is 13.6. The molecule has 7 heteroatoms. The van der Waals surface area contributed by atoms with Crippen molar-refractivity contribution in [1.82, 2.24) is 0 Å². The second-order valence-electron chi connectivity index (χ2n) is 4.66. The lowest BCUT2D eigenvalue weighted by Crippen LogP contribution is -2.09. The highest BCUT2D eigenvalue weighted by Crippen LogP contribution is 2.25. The number of nitrogens with one attached hydrogen (secondary N) is 1. The molecule has 0 aliphatic rings. The quantitative estimate of drug-likeness (QED) is 0.513. The molecule has 0 saturated heterocycles. The number of nitrogens with zero attached hydrogens (tertiary/aromatic N) is 1. The minimum atomic E-state index is -0.548. The van der Waals surface area contributed by atoms with Crippen molar-refractivity contribution in [2.75, 3.05) is 5.32 Å². The fourth-order valence-corrected chi connectivity index (χ4v) is 2.19. The van der Waals surface area contributed by atoms with Gasteiger partial charge in [0.15, 0.2) is 0 Å². The van der Waals surface area contributed by atoms with E-state index in [9.17, 15) is 19.3 Å². The van der Waals surface area contributed by atoms with Crippen LogP contribution in [0.15, 0.2) is 42.5 Å². The van der Waals surface area contributed by atoms with Crippen LogP contribution in [0.2, 0.25) is 5.02 Å². The fraction of sp³-hybridized carbons (Fsp3) is 0.0625. The average molecular weight is 335 g/mol. The first kappa shape index (κ1) is 16.6. The van der Waals surface area contributed by atoms with Gasteiger partial charge in [-0.3, -0.25) is 14.9 Å². The van der Waals surface area contributed by atoms with E-state index in [0.717, 1.165) is 6.08 Å². The Morgan fingerprint density at radius 1 is 1.30 bits per heavy atom. The zero-order valence-electron chi connectivity index (χ0n) is 12.0. The van der Waals surface area contributed by atoms with Crippen LogP contribution in [-0.2, 0) is 4.79 Å². The van der Waals surface area contributed by atoms with E-state index in [1.54, 1.807) is 6.07 Å². The largest absolute Gasteiger partial charge is 0.322 e. The van der Waals surface area contributed by atoms with Crippen molar-refractivity contribution in [1.29, 1.82) is 0 Å². The van der Waals surface area contributed by atoms with Gasteiger partial charge in [0, 0.05) is 17.7 Å². The maximum atomic E-state index is 13.6. The molecule has 0 bridgehead atoms. The van der Waals surface area contributed by atoms with E-state index in [1.807, 2.05) is 0 Å². The lowest BCUT2D eigenvalue weighted by Gasteiger charge is -2.06. The number of hydrogen-bond acceptors (Lipinski definition) is 3. The van der Waals surface area contributed by atoms with Crippen LogP contribution < -0.4 is 5.32 Å². The smallest absolute Gasteiger partial charge is 0.274 e. The molecule has 2 aromatic carbocycles. The van der Waals surface area contributed by atoms with E-state index in [0.29, 0.717) is 11.3 Å². The molecule has 2 rings (SSSR count). The number of amides is 1. The molecule has 0 radical (unpaired) electrons. The summed E-state index contributed by atoms with van der Waals surface area (Å²) in [6.45, 7) is 1.53. The van der Waals surface area contributed by atoms with E-state index in [1.165, 1.54) is 43.3 Å². The van der Waals surface area contributed by atoms with Crippen LogP contribution >= 0.6 is 11.6 Å². The molecule has 0 aliphatic carbocycles. The van der Waals surface area contributed by atoms with Crippen LogP contribution in [0, 0.1) is 22.9 Å². The Morgan fingerprint density at radius 2 is 2.00 bits per heavy atom. The average Bonchev–Trinajstić information content (AvgIpc) is 2.48. The summed E-state index contributed by atoms with van der Waals surface area (Å²) >= 11 is 5.86. The van der Waals surface area contributed by atoms with E-state index < -0.39 is 16.6 Å². The van der Waals surface area contributed by atoms with Crippen molar-refractivity contribution in [2.45, 2.75) is 6.92 Å². The third kappa shape index (κ3) is 3.92. The van der Waals surface area contributed by atoms with E-state index in [2.05, 4.69) is 5.32 Å². The van der Waals surface area contributed by atoms with Gasteiger partial charge in [-0.15, -0.1) is 0 Å². The van der Waals surface area contributed by atoms with Gasteiger partial charge in [0.25, 0.3) is 5.69 Å². The highest BCUT2D eigenvalue weighted by molar-refractivity contribution is 6.32. The predicted molar refractivity (Wildman–Crippen MR) is 86.9 cm³/mol. The standard InChI is InChI=1S/C16H12ClFN2O3/c1-10-14(6-3-7-15(10)20(22)23)19-16(21)9-8-11-12(17)4-2-5-13(11)18/h2-9H,1H3,(H,19,21)/b9-8+. The number of rotatable bonds is 4. The van der Waals surface area contributed by atoms with Crippen LogP contribution in [-0.4, -0.2) is 10.8 Å². The third-order valence-electron chi connectivity index (χ3n) is 3.16. The molecule has 118 valence electrons. The Hall–Kier alpha value is -2.73. The number of carbonyl (C=O) groups excluding carboxylic acids is 1. The van der Waals surface area contributed by atoms with Crippen molar-refractivity contribution in [3.8, 4) is 0 Å². The van der Waals surface area contributed by atoms with Crippen molar-refractivity contribution in [3.05, 3.63) is 74.6 Å². The number of benzene rings is 2. The molecule has 0 unspecified atom stereocenters. The van der Waals surface area contributed by atoms with Gasteiger partial charge in [-0.1, -0.05) is 23.7 Å². The molecule has 0 heterocycles. The number of carbonyl (C=O) groups is 1. The topological polar surface area (TPSA) is 72.2 Å². The maximum Gasteiger partial charge on any atom is 0.274 e. The summed E-state index contributed by atoms with van der Waals surface area (Å²) in [4.78, 5) is 22.2. The summed E-state index contributed by atoms with van der Waals surface area (Å²) in [6, 6.07) is 8.56. The third-order valence-corrected chi connectivity index (χ3v) is 3.49. The molecule has 0 saturated carbocycles. The van der Waals surface area contributed by atoms with Gasteiger partial charge in [0.05, 0.1) is 21.2 Å². The van der Waals surface area contributed by atoms with Crippen LogP contribution in [0.25, 0.3) is 6.08 Å². The molecule has 0 spiro atoms. The minimum Gasteiger partial charge on any atom is -0.322 e. The minimum absolute atomic E-state index is 0.0936. The van der Waals surface area contributed by atoms with Gasteiger partial charge < -0.3 is 5.32 Å². The van der Waals surface area contributed by atoms with E-state index in [-0.39, 0.29) is 16.3 Å². The Morgan fingerprint density at radius 3 is 2.65 bits per heavy atom. The molecule has 0 atom stereocenters. The van der Waals surface area contributed by atoms with E-state index >= 15 is 0 Å². The van der Waals surface area contributed by atoms with Gasteiger partial charge in [-0.2, -0.15) is 0 Å². The highest BCUT2D eigenvalue weighted by Gasteiger charge is 2.14. The van der Waals surface area contributed by atoms with Crippen molar-refractivity contribution < 1.29 is 14.1 Å². The van der Waals surface area contributed by atoms with E-state index in [4.69, 9.17) is 11.6 Å². The molecule has 2 aromatic rings. The SMILES string of the molecule is Cc1c(NC(=O)/C=C/c2c(F)cccc2Cl)cccc1[N+](=O)[O-]. The van der Waals surface area contributed by atoms with Gasteiger partial charge in [-0.05, 0) is 31.2 Å². The first-order valence-corrected chi connectivity index (χ1v) is 6.95. The number of nitro groups is 1. The van der Waals surface area contributed by atoms with Gasteiger partial charge in [0.2, 0.25) is 5.91 Å². The van der Waals surface area contributed by atoms with Crippen molar-refractivity contribution in [3.63, 3.8) is 0 Å². The summed E-state index contributed by atoms with van der Waals surface area (Å²) in [6.07, 6.45) is 2.36.